The van der Waals surface area contributed by atoms with Crippen molar-refractivity contribution >= 4 is 63.7 Å². The van der Waals surface area contributed by atoms with Gasteiger partial charge in [-0.15, -0.1) is 0 Å². The van der Waals surface area contributed by atoms with E-state index in [1.807, 2.05) is 0 Å². The minimum Gasteiger partial charge on any atom is -0.396 e. The Kier molecular flexibility index (Phi) is 6.52. The van der Waals surface area contributed by atoms with Gasteiger partial charge in [0.15, 0.2) is 0 Å². The van der Waals surface area contributed by atoms with E-state index in [0.29, 0.717) is 12.8 Å². The number of hydrogen-bond acceptors (Lipinski definition) is 2. The number of aliphatic hydroxyl groups is 2. The summed E-state index contributed by atoms with van der Waals surface area (Å²) < 4.78 is -1.06. The van der Waals surface area contributed by atoms with Gasteiger partial charge in [0.1, 0.15) is 6.47 Å². The van der Waals surface area contributed by atoms with Gasteiger partial charge in [0.25, 0.3) is 0 Å². The summed E-state index contributed by atoms with van der Waals surface area (Å²) in [5.74, 6) is 0. The van der Waals surface area contributed by atoms with Crippen molar-refractivity contribution in [2.45, 2.75) is 19.3 Å². The van der Waals surface area contributed by atoms with Crippen LogP contribution < -0.4 is 0 Å². The highest BCUT2D eigenvalue weighted by molar-refractivity contribution is 9.30. The molecule has 0 radical (unpaired) electrons. The summed E-state index contributed by atoms with van der Waals surface area (Å²) in [5.41, 5.74) is 0. The summed E-state index contributed by atoms with van der Waals surface area (Å²) in [6, 6.07) is 0. The van der Waals surface area contributed by atoms with Crippen LogP contribution in [-0.4, -0.2) is 29.9 Å². The second-order valence-corrected chi connectivity index (χ2v) is 9.94. The molecule has 0 bridgehead atoms. The lowest BCUT2D eigenvalue weighted by molar-refractivity contribution is 0.265. The van der Waals surface area contributed by atoms with Crippen molar-refractivity contribution in [3.63, 3.8) is 0 Å². The van der Waals surface area contributed by atoms with E-state index in [2.05, 4.69) is 63.7 Å². The minimum absolute atomic E-state index is 0.0606. The Balaban J connectivity index is 4.17. The van der Waals surface area contributed by atoms with Gasteiger partial charge in [0.2, 0.25) is 0 Å². The molecule has 0 aromatic rings. The predicted octanol–water partition coefficient (Wildman–Crippen LogP) is 2.72. The maximum Gasteiger partial charge on any atom is 0.128 e. The molecule has 2 N–H and O–H groups in total. The zero-order valence-corrected chi connectivity index (χ0v) is 12.6. The Morgan fingerprint density at radius 2 is 1.42 bits per heavy atom. The first-order valence-corrected chi connectivity index (χ1v) is 6.52. The lowest BCUT2D eigenvalue weighted by Crippen LogP contribution is -2.37. The molecule has 12 heavy (non-hydrogen) atoms. The molecular weight excluding hydrogens is 424 g/mol. The largest absolute Gasteiger partial charge is 0.396 e. The molecule has 0 aliphatic carbocycles. The zero-order valence-electron chi connectivity index (χ0n) is 6.23. The van der Waals surface area contributed by atoms with Crippen LogP contribution in [0.2, 0.25) is 0 Å². The maximum atomic E-state index is 9.01. The summed E-state index contributed by atoms with van der Waals surface area (Å²) >= 11 is 13.5. The second-order valence-electron chi connectivity index (χ2n) is 2.39. The van der Waals surface area contributed by atoms with Crippen molar-refractivity contribution < 1.29 is 10.2 Å². The minimum atomic E-state index is -0.609. The van der Waals surface area contributed by atoms with E-state index in [9.17, 15) is 0 Å². The highest BCUT2D eigenvalue weighted by atomic mass is 79.9. The molecule has 0 aliphatic rings. The van der Waals surface area contributed by atoms with Gasteiger partial charge in [-0.1, -0.05) is 63.7 Å². The molecule has 74 valence electrons. The number of hydrogen-bond donors (Lipinski definition) is 2. The maximum absolute atomic E-state index is 9.01. The van der Waals surface area contributed by atoms with Crippen LogP contribution >= 0.6 is 63.7 Å². The Bertz CT molecular complexity index is 138. The second kappa shape index (κ2) is 5.66. The third-order valence-corrected chi connectivity index (χ3v) is 7.51. The third kappa shape index (κ3) is 3.92. The molecule has 0 heterocycles. The molecule has 0 saturated carbocycles. The van der Waals surface area contributed by atoms with Crippen LogP contribution in [0.25, 0.3) is 0 Å². The SMILES string of the molecule is OCCCC(Br)(Br)C(Br)(Br)CO. The van der Waals surface area contributed by atoms with Gasteiger partial charge in [-0.05, 0) is 12.8 Å². The first-order chi connectivity index (χ1) is 5.37. The van der Waals surface area contributed by atoms with Crippen molar-refractivity contribution in [2.24, 2.45) is 0 Å². The van der Waals surface area contributed by atoms with E-state index >= 15 is 0 Å². The summed E-state index contributed by atoms with van der Waals surface area (Å²) in [7, 11) is 0. The van der Waals surface area contributed by atoms with E-state index in [1.54, 1.807) is 0 Å². The summed E-state index contributed by atoms with van der Waals surface area (Å²) in [5, 5.41) is 17.6. The lowest BCUT2D eigenvalue weighted by atomic mass is 10.2. The van der Waals surface area contributed by atoms with Crippen molar-refractivity contribution in [2.75, 3.05) is 13.2 Å². The van der Waals surface area contributed by atoms with Crippen LogP contribution in [0.15, 0.2) is 0 Å². The van der Waals surface area contributed by atoms with E-state index in [1.165, 1.54) is 0 Å². The normalized spacial score (nSPS) is 13.5. The van der Waals surface area contributed by atoms with Crippen LogP contribution in [0.5, 0.6) is 0 Å². The van der Waals surface area contributed by atoms with E-state index in [0.717, 1.165) is 0 Å². The number of rotatable bonds is 5. The standard InChI is InChI=1S/C6H10Br4O2/c7-5(8,2-1-3-11)6(9,10)4-12/h11-12H,1-4H2. The zero-order chi connectivity index (χ0) is 9.83. The smallest absolute Gasteiger partial charge is 0.128 e. The summed E-state index contributed by atoms with van der Waals surface area (Å²) in [6.45, 7) is 0.0788. The predicted molar refractivity (Wildman–Crippen MR) is 64.6 cm³/mol. The summed E-state index contributed by atoms with van der Waals surface area (Å²) in [4.78, 5) is 0. The molecule has 0 aromatic heterocycles. The molecule has 0 amide bonds. The Hall–Kier alpha value is 1.84. The highest BCUT2D eigenvalue weighted by Gasteiger charge is 2.43. The summed E-state index contributed by atoms with van der Waals surface area (Å²) in [6.07, 6.45) is 1.36. The van der Waals surface area contributed by atoms with Crippen LogP contribution in [0.1, 0.15) is 12.8 Å². The average Bonchev–Trinajstić information content (AvgIpc) is 2.00. The van der Waals surface area contributed by atoms with Gasteiger partial charge in [-0.2, -0.15) is 0 Å². The van der Waals surface area contributed by atoms with E-state index in [-0.39, 0.29) is 13.2 Å². The molecule has 0 spiro atoms. The molecule has 6 heteroatoms. The third-order valence-electron chi connectivity index (χ3n) is 1.38. The molecule has 0 aliphatic heterocycles. The number of aliphatic hydroxyl groups excluding tert-OH is 2. The Labute approximate surface area is 106 Å². The molecule has 0 unspecified atom stereocenters. The Morgan fingerprint density at radius 3 is 1.75 bits per heavy atom. The quantitative estimate of drug-likeness (QED) is 0.655. The van der Waals surface area contributed by atoms with Gasteiger partial charge in [-0.3, -0.25) is 0 Å². The van der Waals surface area contributed by atoms with Crippen LogP contribution in [0.3, 0.4) is 0 Å². The lowest BCUT2D eigenvalue weighted by Gasteiger charge is -2.32. The first-order valence-electron chi connectivity index (χ1n) is 3.35. The van der Waals surface area contributed by atoms with Gasteiger partial charge in [-0.25, -0.2) is 0 Å². The van der Waals surface area contributed by atoms with Gasteiger partial charge >= 0.3 is 0 Å². The van der Waals surface area contributed by atoms with E-state index in [4.69, 9.17) is 10.2 Å². The molecule has 0 fully saturated rings. The number of alkyl halides is 4. The molecule has 0 rings (SSSR count). The van der Waals surface area contributed by atoms with Crippen LogP contribution in [0.4, 0.5) is 0 Å². The van der Waals surface area contributed by atoms with Crippen LogP contribution in [-0.2, 0) is 0 Å². The topological polar surface area (TPSA) is 40.5 Å². The average molecular weight is 434 g/mol. The Morgan fingerprint density at radius 1 is 0.917 bits per heavy atom. The molecule has 0 atom stereocenters. The molecular formula is C6H10Br4O2. The van der Waals surface area contributed by atoms with E-state index < -0.39 is 6.47 Å². The van der Waals surface area contributed by atoms with Crippen molar-refractivity contribution in [1.82, 2.24) is 0 Å². The van der Waals surface area contributed by atoms with Crippen molar-refractivity contribution in [3.8, 4) is 0 Å². The molecule has 0 saturated heterocycles. The fraction of sp³-hybridized carbons (Fsp3) is 1.00. The molecule has 0 aromatic carbocycles. The fourth-order valence-corrected chi connectivity index (χ4v) is 1.81. The first kappa shape index (κ1) is 13.8. The van der Waals surface area contributed by atoms with Gasteiger partial charge in [0.05, 0.1) is 6.61 Å². The number of halogens is 4. The van der Waals surface area contributed by atoms with Gasteiger partial charge < -0.3 is 10.2 Å². The van der Waals surface area contributed by atoms with Gasteiger partial charge in [0, 0.05) is 6.61 Å². The van der Waals surface area contributed by atoms with Crippen LogP contribution in [0, 0.1) is 0 Å². The fourth-order valence-electron chi connectivity index (χ4n) is 0.600. The van der Waals surface area contributed by atoms with Crippen molar-refractivity contribution in [1.29, 1.82) is 0 Å². The monoisotopic (exact) mass is 430 g/mol. The van der Waals surface area contributed by atoms with Crippen molar-refractivity contribution in [3.05, 3.63) is 0 Å². The molecule has 2 nitrogen and oxygen atoms in total. The highest BCUT2D eigenvalue weighted by Crippen LogP contribution is 2.50.